The van der Waals surface area contributed by atoms with Crippen LogP contribution in [0.15, 0.2) is 0 Å². The van der Waals surface area contributed by atoms with Crippen molar-refractivity contribution in [1.82, 2.24) is 5.32 Å². The lowest BCUT2D eigenvalue weighted by molar-refractivity contribution is -0.124. The Morgan fingerprint density at radius 3 is 2.67 bits per heavy atom. The van der Waals surface area contributed by atoms with Crippen molar-refractivity contribution in [3.05, 3.63) is 0 Å². The largest absolute Gasteiger partial charge is 0.381 e. The number of hydrogen-bond donors (Lipinski definition) is 2. The van der Waals surface area contributed by atoms with Gasteiger partial charge >= 0.3 is 0 Å². The number of nitrogens with two attached hydrogens (primary N) is 1. The smallest absolute Gasteiger partial charge is 0.237 e. The number of nitrogens with one attached hydrogen (secondary N) is 1. The lowest BCUT2D eigenvalue weighted by Gasteiger charge is -2.27. The van der Waals surface area contributed by atoms with E-state index in [1.165, 1.54) is 0 Å². The molecule has 88 valence electrons. The van der Waals surface area contributed by atoms with Crippen molar-refractivity contribution in [3.8, 4) is 0 Å². The first-order valence-corrected chi connectivity index (χ1v) is 5.74. The minimum absolute atomic E-state index is 0.283. The molecule has 4 heteroatoms. The van der Waals surface area contributed by atoms with E-state index in [9.17, 15) is 4.79 Å². The maximum atomic E-state index is 11.4. The maximum absolute atomic E-state index is 11.4. The van der Waals surface area contributed by atoms with E-state index in [2.05, 4.69) is 12.2 Å². The Kier molecular flexibility index (Phi) is 4.54. The molecule has 0 spiro atoms. The molecular formula is C11H22N2O2. The predicted octanol–water partition coefficient (Wildman–Crippen LogP) is 0.799. The summed E-state index contributed by atoms with van der Waals surface area (Å²) >= 11 is 0. The zero-order valence-electron chi connectivity index (χ0n) is 9.71. The highest BCUT2D eigenvalue weighted by molar-refractivity contribution is 5.84. The average molecular weight is 214 g/mol. The van der Waals surface area contributed by atoms with Crippen LogP contribution in [0.2, 0.25) is 0 Å². The molecule has 4 nitrogen and oxygen atoms in total. The van der Waals surface area contributed by atoms with E-state index >= 15 is 0 Å². The van der Waals surface area contributed by atoms with Crippen molar-refractivity contribution in [1.29, 1.82) is 0 Å². The Bertz CT molecular complexity index is 217. The SMILES string of the molecule is CCCOCCC(C)(NC1CC1)C(N)=O. The molecule has 1 atom stereocenters. The molecule has 1 fully saturated rings. The van der Waals surface area contributed by atoms with Crippen LogP contribution in [0.3, 0.4) is 0 Å². The number of amides is 1. The van der Waals surface area contributed by atoms with Crippen LogP contribution < -0.4 is 11.1 Å². The molecule has 0 saturated heterocycles. The summed E-state index contributed by atoms with van der Waals surface area (Å²) in [6.45, 7) is 5.27. The number of hydrogen-bond acceptors (Lipinski definition) is 3. The van der Waals surface area contributed by atoms with Gasteiger partial charge in [-0.3, -0.25) is 4.79 Å². The zero-order valence-corrected chi connectivity index (χ0v) is 9.71. The minimum atomic E-state index is -0.602. The Morgan fingerprint density at radius 1 is 1.53 bits per heavy atom. The van der Waals surface area contributed by atoms with E-state index in [-0.39, 0.29) is 5.91 Å². The van der Waals surface area contributed by atoms with Gasteiger partial charge < -0.3 is 15.8 Å². The van der Waals surface area contributed by atoms with Gasteiger partial charge in [0.1, 0.15) is 0 Å². The molecule has 3 N–H and O–H groups in total. The van der Waals surface area contributed by atoms with E-state index in [0.717, 1.165) is 25.9 Å². The Morgan fingerprint density at radius 2 is 2.20 bits per heavy atom. The normalized spacial score (nSPS) is 19.9. The Balaban J connectivity index is 2.31. The molecule has 1 aliphatic rings. The lowest BCUT2D eigenvalue weighted by atomic mass is 9.97. The first-order valence-electron chi connectivity index (χ1n) is 5.74. The van der Waals surface area contributed by atoms with Gasteiger partial charge in [0.15, 0.2) is 0 Å². The van der Waals surface area contributed by atoms with Crippen molar-refractivity contribution < 1.29 is 9.53 Å². The third kappa shape index (κ3) is 4.18. The van der Waals surface area contributed by atoms with Gasteiger partial charge in [-0.2, -0.15) is 0 Å². The predicted molar refractivity (Wildman–Crippen MR) is 59.5 cm³/mol. The quantitative estimate of drug-likeness (QED) is 0.587. The van der Waals surface area contributed by atoms with Crippen LogP contribution in [0.1, 0.15) is 39.5 Å². The molecular weight excluding hydrogens is 192 g/mol. The molecule has 1 aliphatic carbocycles. The molecule has 1 amide bonds. The maximum Gasteiger partial charge on any atom is 0.237 e. The van der Waals surface area contributed by atoms with Crippen LogP contribution in [0.5, 0.6) is 0 Å². The third-order valence-corrected chi connectivity index (χ3v) is 2.74. The zero-order chi connectivity index (χ0) is 11.3. The second-order valence-corrected chi connectivity index (χ2v) is 4.48. The molecule has 0 aromatic heterocycles. The van der Waals surface area contributed by atoms with Gasteiger partial charge in [-0.05, 0) is 32.6 Å². The van der Waals surface area contributed by atoms with Crippen LogP contribution in [-0.2, 0) is 9.53 Å². The summed E-state index contributed by atoms with van der Waals surface area (Å²) in [5, 5.41) is 3.29. The molecule has 0 radical (unpaired) electrons. The molecule has 0 aromatic rings. The molecule has 1 rings (SSSR count). The summed E-state index contributed by atoms with van der Waals surface area (Å²) in [6, 6.07) is 0.480. The number of rotatable bonds is 8. The summed E-state index contributed by atoms with van der Waals surface area (Å²) in [7, 11) is 0. The van der Waals surface area contributed by atoms with E-state index in [1.54, 1.807) is 0 Å². The van der Waals surface area contributed by atoms with Crippen LogP contribution in [0.25, 0.3) is 0 Å². The van der Waals surface area contributed by atoms with Crippen LogP contribution in [-0.4, -0.2) is 30.7 Å². The number of carbonyl (C=O) groups is 1. The summed E-state index contributed by atoms with van der Waals surface area (Å²) in [5.41, 5.74) is 4.80. The molecule has 1 unspecified atom stereocenters. The molecule has 0 heterocycles. The fourth-order valence-electron chi connectivity index (χ4n) is 1.47. The van der Waals surface area contributed by atoms with Crippen molar-refractivity contribution in [2.75, 3.05) is 13.2 Å². The molecule has 15 heavy (non-hydrogen) atoms. The van der Waals surface area contributed by atoms with Crippen LogP contribution in [0.4, 0.5) is 0 Å². The Labute approximate surface area is 91.5 Å². The monoisotopic (exact) mass is 214 g/mol. The first kappa shape index (κ1) is 12.5. The van der Waals surface area contributed by atoms with Gasteiger partial charge in [0, 0.05) is 19.3 Å². The first-order chi connectivity index (χ1) is 7.08. The average Bonchev–Trinajstić information content (AvgIpc) is 2.96. The minimum Gasteiger partial charge on any atom is -0.381 e. The molecule has 1 saturated carbocycles. The fraction of sp³-hybridized carbons (Fsp3) is 0.909. The van der Waals surface area contributed by atoms with Crippen molar-refractivity contribution in [3.63, 3.8) is 0 Å². The number of primary amides is 1. The highest BCUT2D eigenvalue weighted by Crippen LogP contribution is 2.23. The van der Waals surface area contributed by atoms with E-state index in [1.807, 2.05) is 6.92 Å². The molecule has 0 aliphatic heterocycles. The number of carbonyl (C=O) groups excluding carboxylic acids is 1. The summed E-state index contributed by atoms with van der Waals surface area (Å²) < 4.78 is 5.38. The van der Waals surface area contributed by atoms with Crippen LogP contribution >= 0.6 is 0 Å². The van der Waals surface area contributed by atoms with Gasteiger partial charge in [0.05, 0.1) is 5.54 Å². The highest BCUT2D eigenvalue weighted by atomic mass is 16.5. The van der Waals surface area contributed by atoms with Gasteiger partial charge in [0.25, 0.3) is 0 Å². The van der Waals surface area contributed by atoms with Crippen molar-refractivity contribution in [2.45, 2.75) is 51.1 Å². The molecule has 0 bridgehead atoms. The Hall–Kier alpha value is -0.610. The molecule has 0 aromatic carbocycles. The van der Waals surface area contributed by atoms with E-state index in [4.69, 9.17) is 10.5 Å². The summed E-state index contributed by atoms with van der Waals surface area (Å²) in [5.74, 6) is -0.283. The van der Waals surface area contributed by atoms with Gasteiger partial charge in [-0.15, -0.1) is 0 Å². The van der Waals surface area contributed by atoms with Crippen LogP contribution in [0, 0.1) is 0 Å². The third-order valence-electron chi connectivity index (χ3n) is 2.74. The summed E-state index contributed by atoms with van der Waals surface area (Å²) in [6.07, 6.45) is 3.96. The van der Waals surface area contributed by atoms with Gasteiger partial charge in [0.2, 0.25) is 5.91 Å². The van der Waals surface area contributed by atoms with Gasteiger partial charge in [-0.1, -0.05) is 6.92 Å². The van der Waals surface area contributed by atoms with E-state index in [0.29, 0.717) is 19.1 Å². The highest BCUT2D eigenvalue weighted by Gasteiger charge is 2.36. The summed E-state index contributed by atoms with van der Waals surface area (Å²) in [4.78, 5) is 11.4. The van der Waals surface area contributed by atoms with Crippen molar-refractivity contribution >= 4 is 5.91 Å². The van der Waals surface area contributed by atoms with Crippen molar-refractivity contribution in [2.24, 2.45) is 5.73 Å². The fourth-order valence-corrected chi connectivity index (χ4v) is 1.47. The van der Waals surface area contributed by atoms with E-state index < -0.39 is 5.54 Å². The topological polar surface area (TPSA) is 64.3 Å². The second-order valence-electron chi connectivity index (χ2n) is 4.48. The van der Waals surface area contributed by atoms with Gasteiger partial charge in [-0.25, -0.2) is 0 Å². The second kappa shape index (κ2) is 5.47. The lowest BCUT2D eigenvalue weighted by Crippen LogP contribution is -2.54. The number of ether oxygens (including phenoxy) is 1. The standard InChI is InChI=1S/C11H22N2O2/c1-3-7-15-8-6-11(2,10(12)14)13-9-4-5-9/h9,13H,3-8H2,1-2H3,(H2,12,14).